The van der Waals surface area contributed by atoms with Crippen molar-refractivity contribution in [2.45, 2.75) is 25.9 Å². The second kappa shape index (κ2) is 7.47. The number of rotatable bonds is 6. The average Bonchev–Trinajstić information content (AvgIpc) is 2.52. The lowest BCUT2D eigenvalue weighted by Crippen LogP contribution is -1.97. The van der Waals surface area contributed by atoms with Crippen molar-refractivity contribution in [2.75, 3.05) is 0 Å². The molecule has 2 N–H and O–H groups in total. The summed E-state index contributed by atoms with van der Waals surface area (Å²) in [5.41, 5.74) is 3.02. The normalized spacial score (nSPS) is 12.5. The fourth-order valence-electron chi connectivity index (χ4n) is 1.99. The molecule has 22 heavy (non-hydrogen) atoms. The predicted octanol–water partition coefficient (Wildman–Crippen LogP) is 4.17. The van der Waals surface area contributed by atoms with E-state index in [1.165, 1.54) is 0 Å². The Bertz CT molecular complexity index is 664. The van der Waals surface area contributed by atoms with Gasteiger partial charge in [-0.3, -0.25) is 4.79 Å². The Labute approximate surface area is 129 Å². The van der Waals surface area contributed by atoms with Crippen LogP contribution in [0.3, 0.4) is 0 Å². The number of azo groups is 1. The molecule has 0 bridgehead atoms. The molecule has 0 fully saturated rings. The molecule has 0 aliphatic carbocycles. The van der Waals surface area contributed by atoms with E-state index in [0.29, 0.717) is 17.8 Å². The fourth-order valence-corrected chi connectivity index (χ4v) is 1.99. The van der Waals surface area contributed by atoms with Crippen LogP contribution in [0.4, 0.5) is 11.4 Å². The lowest BCUT2D eigenvalue weighted by Gasteiger charge is -2.04. The Morgan fingerprint density at radius 1 is 1.09 bits per heavy atom. The number of benzene rings is 2. The number of nitrogens with zero attached hydrogens (tertiary/aromatic N) is 2. The second-order valence-corrected chi connectivity index (χ2v) is 4.99. The van der Waals surface area contributed by atoms with Gasteiger partial charge in [-0.25, -0.2) is 0 Å². The summed E-state index contributed by atoms with van der Waals surface area (Å²) in [6, 6.07) is 14.5. The van der Waals surface area contributed by atoms with Crippen LogP contribution >= 0.6 is 0 Å². The highest BCUT2D eigenvalue weighted by atomic mass is 16.4. The van der Waals surface area contributed by atoms with Crippen LogP contribution < -0.4 is 0 Å². The number of carboxylic acid groups (broad SMARTS) is 1. The zero-order valence-corrected chi connectivity index (χ0v) is 12.3. The first-order valence-electron chi connectivity index (χ1n) is 7.05. The van der Waals surface area contributed by atoms with E-state index in [4.69, 9.17) is 5.11 Å². The van der Waals surface area contributed by atoms with Crippen molar-refractivity contribution in [1.29, 1.82) is 0 Å². The van der Waals surface area contributed by atoms with Crippen molar-refractivity contribution >= 4 is 17.3 Å². The van der Waals surface area contributed by atoms with E-state index in [2.05, 4.69) is 10.2 Å². The van der Waals surface area contributed by atoms with Gasteiger partial charge in [0.05, 0.1) is 17.5 Å². The highest BCUT2D eigenvalue weighted by Crippen LogP contribution is 2.24. The summed E-state index contributed by atoms with van der Waals surface area (Å²) in [6.07, 6.45) is -0.0241. The molecule has 2 aromatic carbocycles. The molecule has 0 aliphatic rings. The standard InChI is InChI=1S/C17H18N2O3/c1-12(20)13-6-9-15(10-7-13)18-19-16-5-3-2-4-14(16)8-11-17(21)22/h2-7,9-10,12,20H,8,11H2,1H3,(H,21,22). The third-order valence-electron chi connectivity index (χ3n) is 3.25. The average molecular weight is 298 g/mol. The number of aryl methyl sites for hydroxylation is 1. The first-order valence-corrected chi connectivity index (χ1v) is 7.05. The van der Waals surface area contributed by atoms with Gasteiger partial charge in [-0.2, -0.15) is 10.2 Å². The predicted molar refractivity (Wildman–Crippen MR) is 83.7 cm³/mol. The number of hydrogen-bond acceptors (Lipinski definition) is 4. The first-order chi connectivity index (χ1) is 10.6. The van der Waals surface area contributed by atoms with Gasteiger partial charge in [-0.15, -0.1) is 0 Å². The molecule has 0 spiro atoms. The molecule has 2 rings (SSSR count). The molecule has 114 valence electrons. The molecule has 0 aliphatic heterocycles. The van der Waals surface area contributed by atoms with Crippen molar-refractivity contribution < 1.29 is 15.0 Å². The van der Waals surface area contributed by atoms with Gasteiger partial charge in [0, 0.05) is 6.42 Å². The summed E-state index contributed by atoms with van der Waals surface area (Å²) >= 11 is 0. The maximum atomic E-state index is 10.7. The Kier molecular flexibility index (Phi) is 5.38. The number of aliphatic carboxylic acids is 1. The fraction of sp³-hybridized carbons (Fsp3) is 0.235. The minimum atomic E-state index is -0.833. The van der Waals surface area contributed by atoms with E-state index in [0.717, 1.165) is 11.1 Å². The number of aliphatic hydroxyl groups excluding tert-OH is 1. The van der Waals surface area contributed by atoms with Crippen LogP contribution in [0, 0.1) is 0 Å². The molecule has 5 nitrogen and oxygen atoms in total. The molecule has 0 radical (unpaired) electrons. The summed E-state index contributed by atoms with van der Waals surface area (Å²) in [5.74, 6) is -0.833. The third kappa shape index (κ3) is 4.49. The third-order valence-corrected chi connectivity index (χ3v) is 3.25. The van der Waals surface area contributed by atoms with Gasteiger partial charge >= 0.3 is 5.97 Å². The lowest BCUT2D eigenvalue weighted by molar-refractivity contribution is -0.136. The molecule has 1 atom stereocenters. The zero-order valence-electron chi connectivity index (χ0n) is 12.3. The number of carboxylic acids is 1. The molecular weight excluding hydrogens is 280 g/mol. The molecule has 0 saturated carbocycles. The Morgan fingerprint density at radius 2 is 1.77 bits per heavy atom. The van der Waals surface area contributed by atoms with Gasteiger partial charge in [-0.1, -0.05) is 30.3 Å². The van der Waals surface area contributed by atoms with Crippen molar-refractivity contribution in [1.82, 2.24) is 0 Å². The highest BCUT2D eigenvalue weighted by Gasteiger charge is 2.04. The van der Waals surface area contributed by atoms with Gasteiger partial charge < -0.3 is 10.2 Å². The van der Waals surface area contributed by atoms with Crippen LogP contribution in [0.25, 0.3) is 0 Å². The molecule has 5 heteroatoms. The highest BCUT2D eigenvalue weighted by molar-refractivity contribution is 5.67. The molecule has 2 aromatic rings. The number of carbonyl (C=O) groups is 1. The summed E-state index contributed by atoms with van der Waals surface area (Å²) in [4.78, 5) is 10.7. The monoisotopic (exact) mass is 298 g/mol. The molecule has 0 aromatic heterocycles. The van der Waals surface area contributed by atoms with Crippen molar-refractivity contribution in [3.8, 4) is 0 Å². The van der Waals surface area contributed by atoms with Crippen LogP contribution in [-0.4, -0.2) is 16.2 Å². The smallest absolute Gasteiger partial charge is 0.303 e. The van der Waals surface area contributed by atoms with E-state index < -0.39 is 12.1 Å². The molecule has 0 amide bonds. The molecular formula is C17H18N2O3. The quantitative estimate of drug-likeness (QED) is 0.785. The second-order valence-electron chi connectivity index (χ2n) is 4.99. The minimum absolute atomic E-state index is 0.0651. The van der Waals surface area contributed by atoms with Crippen LogP contribution in [0.2, 0.25) is 0 Å². The van der Waals surface area contributed by atoms with Crippen LogP contribution in [-0.2, 0) is 11.2 Å². The van der Waals surface area contributed by atoms with Gasteiger partial charge in [-0.05, 0) is 42.7 Å². The van der Waals surface area contributed by atoms with Crippen molar-refractivity contribution in [2.24, 2.45) is 10.2 Å². The summed E-state index contributed by atoms with van der Waals surface area (Å²) < 4.78 is 0. The topological polar surface area (TPSA) is 82.2 Å². The van der Waals surface area contributed by atoms with E-state index >= 15 is 0 Å². The van der Waals surface area contributed by atoms with Crippen LogP contribution in [0.15, 0.2) is 58.8 Å². The lowest BCUT2D eigenvalue weighted by atomic mass is 10.1. The molecule has 0 saturated heterocycles. The summed E-state index contributed by atoms with van der Waals surface area (Å²) in [5, 5.41) is 26.6. The van der Waals surface area contributed by atoms with Crippen LogP contribution in [0.5, 0.6) is 0 Å². The maximum absolute atomic E-state index is 10.7. The van der Waals surface area contributed by atoms with E-state index in [1.807, 2.05) is 24.3 Å². The van der Waals surface area contributed by atoms with Gasteiger partial charge in [0.1, 0.15) is 0 Å². The zero-order chi connectivity index (χ0) is 15.9. The van der Waals surface area contributed by atoms with Crippen molar-refractivity contribution in [3.05, 3.63) is 59.7 Å². The largest absolute Gasteiger partial charge is 0.481 e. The van der Waals surface area contributed by atoms with Gasteiger partial charge in [0.15, 0.2) is 0 Å². The number of hydrogen-bond donors (Lipinski definition) is 2. The summed E-state index contributed by atoms with van der Waals surface area (Å²) in [6.45, 7) is 1.70. The molecule has 0 heterocycles. The number of aliphatic hydroxyl groups is 1. The first kappa shape index (κ1) is 15.9. The Morgan fingerprint density at radius 3 is 2.41 bits per heavy atom. The summed E-state index contributed by atoms with van der Waals surface area (Å²) in [7, 11) is 0. The van der Waals surface area contributed by atoms with Gasteiger partial charge in [0.2, 0.25) is 0 Å². The SMILES string of the molecule is CC(O)c1ccc(N=Nc2ccccc2CCC(=O)O)cc1. The van der Waals surface area contributed by atoms with Crippen LogP contribution in [0.1, 0.15) is 30.6 Å². The Balaban J connectivity index is 2.14. The van der Waals surface area contributed by atoms with E-state index in [-0.39, 0.29) is 6.42 Å². The Hall–Kier alpha value is -2.53. The minimum Gasteiger partial charge on any atom is -0.481 e. The van der Waals surface area contributed by atoms with E-state index in [9.17, 15) is 9.90 Å². The maximum Gasteiger partial charge on any atom is 0.303 e. The molecule has 1 unspecified atom stereocenters. The van der Waals surface area contributed by atoms with E-state index in [1.54, 1.807) is 31.2 Å². The van der Waals surface area contributed by atoms with Gasteiger partial charge in [0.25, 0.3) is 0 Å². The van der Waals surface area contributed by atoms with Crippen molar-refractivity contribution in [3.63, 3.8) is 0 Å².